The number of nitro groups is 1. The highest BCUT2D eigenvalue weighted by molar-refractivity contribution is 5.77. The van der Waals surface area contributed by atoms with E-state index in [0.717, 1.165) is 17.5 Å². The van der Waals surface area contributed by atoms with Crippen LogP contribution in [0.1, 0.15) is 11.1 Å². The van der Waals surface area contributed by atoms with Crippen LogP contribution < -0.4 is 0 Å². The molecule has 0 bridgehead atoms. The summed E-state index contributed by atoms with van der Waals surface area (Å²) >= 11 is 0. The molecule has 1 aliphatic carbocycles. The van der Waals surface area contributed by atoms with Gasteiger partial charge in [0, 0.05) is 12.1 Å². The Morgan fingerprint density at radius 2 is 2.00 bits per heavy atom. The molecule has 1 radical (unpaired) electrons. The second-order valence-electron chi connectivity index (χ2n) is 3.86. The molecule has 3 heteroatoms. The van der Waals surface area contributed by atoms with Crippen molar-refractivity contribution in [2.75, 3.05) is 0 Å². The molecule has 2 aromatic rings. The second kappa shape index (κ2) is 3.17. The first-order valence-electron chi connectivity index (χ1n) is 5.02. The van der Waals surface area contributed by atoms with E-state index in [-0.39, 0.29) is 10.6 Å². The molecule has 0 aromatic heterocycles. The van der Waals surface area contributed by atoms with Gasteiger partial charge in [-0.1, -0.05) is 18.2 Å². The van der Waals surface area contributed by atoms with E-state index in [0.29, 0.717) is 0 Å². The van der Waals surface area contributed by atoms with Crippen LogP contribution >= 0.6 is 0 Å². The van der Waals surface area contributed by atoms with Gasteiger partial charge >= 0.3 is 0 Å². The number of hydrogen-bond acceptors (Lipinski definition) is 2. The van der Waals surface area contributed by atoms with Gasteiger partial charge in [-0.25, -0.2) is 0 Å². The number of non-ortho nitro benzene ring substituents is 1. The molecule has 77 valence electrons. The molecule has 0 heterocycles. The van der Waals surface area contributed by atoms with Gasteiger partial charge in [-0.15, -0.1) is 0 Å². The van der Waals surface area contributed by atoms with Gasteiger partial charge in [-0.2, -0.15) is 0 Å². The Morgan fingerprint density at radius 1 is 1.19 bits per heavy atom. The van der Waals surface area contributed by atoms with E-state index in [1.54, 1.807) is 12.1 Å². The standard InChI is InChI=1S/C13H8NO2/c15-14(16)11-5-6-13-10(8-11)7-9-3-1-2-4-12(9)13/h2-6,8H,7H2. The van der Waals surface area contributed by atoms with E-state index in [1.807, 2.05) is 24.3 Å². The lowest BCUT2D eigenvalue weighted by molar-refractivity contribution is -0.384. The smallest absolute Gasteiger partial charge is 0.258 e. The van der Waals surface area contributed by atoms with Gasteiger partial charge in [-0.3, -0.25) is 10.1 Å². The third-order valence-electron chi connectivity index (χ3n) is 2.92. The van der Waals surface area contributed by atoms with Crippen LogP contribution in [0.2, 0.25) is 0 Å². The largest absolute Gasteiger partial charge is 0.269 e. The molecule has 3 nitrogen and oxygen atoms in total. The molecular formula is C13H8NO2. The third kappa shape index (κ3) is 1.21. The molecule has 0 unspecified atom stereocenters. The van der Waals surface area contributed by atoms with Crippen LogP contribution in [0.15, 0.2) is 36.4 Å². The summed E-state index contributed by atoms with van der Waals surface area (Å²) in [4.78, 5) is 10.3. The maximum Gasteiger partial charge on any atom is 0.269 e. The Kier molecular flexibility index (Phi) is 1.80. The monoisotopic (exact) mass is 210 g/mol. The first kappa shape index (κ1) is 9.09. The lowest BCUT2D eigenvalue weighted by atomic mass is 10.1. The van der Waals surface area contributed by atoms with Gasteiger partial charge in [0.05, 0.1) is 4.92 Å². The molecule has 16 heavy (non-hydrogen) atoms. The lowest BCUT2D eigenvalue weighted by Gasteiger charge is -1.99. The molecule has 0 saturated carbocycles. The average molecular weight is 210 g/mol. The van der Waals surface area contributed by atoms with Crippen LogP contribution in [-0.4, -0.2) is 4.92 Å². The van der Waals surface area contributed by atoms with Crippen molar-refractivity contribution in [3.05, 3.63) is 63.7 Å². The minimum absolute atomic E-state index is 0.163. The predicted molar refractivity (Wildman–Crippen MR) is 60.2 cm³/mol. The van der Waals surface area contributed by atoms with Gasteiger partial charge in [0.15, 0.2) is 0 Å². The Labute approximate surface area is 92.5 Å². The minimum Gasteiger partial charge on any atom is -0.258 e. The van der Waals surface area contributed by atoms with Crippen LogP contribution in [0.5, 0.6) is 0 Å². The van der Waals surface area contributed by atoms with Crippen molar-refractivity contribution in [1.29, 1.82) is 0 Å². The first-order valence-corrected chi connectivity index (χ1v) is 5.02. The normalized spacial score (nSPS) is 12.0. The molecule has 0 spiro atoms. The fraction of sp³-hybridized carbons (Fsp3) is 0.0769. The lowest BCUT2D eigenvalue weighted by Crippen LogP contribution is -1.89. The van der Waals surface area contributed by atoms with Crippen molar-refractivity contribution in [3.63, 3.8) is 0 Å². The highest BCUT2D eigenvalue weighted by Crippen LogP contribution is 2.37. The molecule has 0 saturated heterocycles. The minimum atomic E-state index is -0.352. The van der Waals surface area contributed by atoms with E-state index in [1.165, 1.54) is 11.1 Å². The van der Waals surface area contributed by atoms with Crippen LogP contribution in [0, 0.1) is 16.2 Å². The van der Waals surface area contributed by atoms with Crippen molar-refractivity contribution >= 4 is 5.69 Å². The molecule has 0 amide bonds. The summed E-state index contributed by atoms with van der Waals surface area (Å²) in [6.45, 7) is 0. The summed E-state index contributed by atoms with van der Waals surface area (Å²) < 4.78 is 0. The number of fused-ring (bicyclic) bond motifs is 3. The first-order chi connectivity index (χ1) is 7.75. The van der Waals surface area contributed by atoms with Crippen LogP contribution in [-0.2, 0) is 6.42 Å². The maximum absolute atomic E-state index is 10.7. The number of benzene rings is 2. The van der Waals surface area contributed by atoms with E-state index < -0.39 is 0 Å². The number of nitrogens with zero attached hydrogens (tertiary/aromatic N) is 1. The third-order valence-corrected chi connectivity index (χ3v) is 2.92. The summed E-state index contributed by atoms with van der Waals surface area (Å²) in [6, 6.07) is 13.9. The Bertz CT molecular complexity index is 590. The fourth-order valence-corrected chi connectivity index (χ4v) is 2.18. The molecule has 2 aromatic carbocycles. The van der Waals surface area contributed by atoms with Gasteiger partial charge in [-0.05, 0) is 40.8 Å². The van der Waals surface area contributed by atoms with Gasteiger partial charge in [0.25, 0.3) is 5.69 Å². The molecule has 0 fully saturated rings. The SMILES string of the molecule is O=[N+]([O-])c1ccc2c(c1)Cc1c[c]ccc1-2. The average Bonchev–Trinajstić information content (AvgIpc) is 2.66. The van der Waals surface area contributed by atoms with E-state index in [4.69, 9.17) is 0 Å². The predicted octanol–water partition coefficient (Wildman–Crippen LogP) is 2.97. The van der Waals surface area contributed by atoms with Crippen LogP contribution in [0.3, 0.4) is 0 Å². The molecule has 1 aliphatic rings. The zero-order valence-corrected chi connectivity index (χ0v) is 8.43. The quantitative estimate of drug-likeness (QED) is 0.457. The number of nitro benzene ring substituents is 1. The van der Waals surface area contributed by atoms with Crippen molar-refractivity contribution in [2.24, 2.45) is 0 Å². The second-order valence-corrected chi connectivity index (χ2v) is 3.86. The fourth-order valence-electron chi connectivity index (χ4n) is 2.18. The van der Waals surface area contributed by atoms with Gasteiger partial charge < -0.3 is 0 Å². The highest BCUT2D eigenvalue weighted by Gasteiger charge is 2.20. The number of hydrogen-bond donors (Lipinski definition) is 0. The van der Waals surface area contributed by atoms with Gasteiger partial charge in [0.2, 0.25) is 0 Å². The molecule has 0 N–H and O–H groups in total. The van der Waals surface area contributed by atoms with E-state index in [9.17, 15) is 10.1 Å². The Balaban J connectivity index is 2.18. The summed E-state index contributed by atoms with van der Waals surface area (Å²) in [6.07, 6.45) is 0.768. The molecule has 0 atom stereocenters. The zero-order valence-electron chi connectivity index (χ0n) is 8.43. The molecule has 0 aliphatic heterocycles. The van der Waals surface area contributed by atoms with Crippen molar-refractivity contribution in [2.45, 2.75) is 6.42 Å². The zero-order chi connectivity index (χ0) is 11.1. The number of rotatable bonds is 1. The summed E-state index contributed by atoms with van der Waals surface area (Å²) in [5.74, 6) is 0. The van der Waals surface area contributed by atoms with Crippen molar-refractivity contribution in [3.8, 4) is 11.1 Å². The van der Waals surface area contributed by atoms with Crippen molar-refractivity contribution in [1.82, 2.24) is 0 Å². The van der Waals surface area contributed by atoms with Crippen molar-refractivity contribution < 1.29 is 4.92 Å². The summed E-state index contributed by atoms with van der Waals surface area (Å²) in [5, 5.41) is 10.7. The van der Waals surface area contributed by atoms with E-state index in [2.05, 4.69) is 6.07 Å². The molecule has 3 rings (SSSR count). The Morgan fingerprint density at radius 3 is 2.81 bits per heavy atom. The maximum atomic E-state index is 10.7. The highest BCUT2D eigenvalue weighted by atomic mass is 16.6. The summed E-state index contributed by atoms with van der Waals surface area (Å²) in [7, 11) is 0. The summed E-state index contributed by atoms with van der Waals surface area (Å²) in [5.41, 5.74) is 4.66. The van der Waals surface area contributed by atoms with Gasteiger partial charge in [0.1, 0.15) is 0 Å². The van der Waals surface area contributed by atoms with Crippen LogP contribution in [0.4, 0.5) is 5.69 Å². The van der Waals surface area contributed by atoms with Crippen LogP contribution in [0.25, 0.3) is 11.1 Å². The Hall–Kier alpha value is -2.16. The van der Waals surface area contributed by atoms with E-state index >= 15 is 0 Å². The molecular weight excluding hydrogens is 202 g/mol. The topological polar surface area (TPSA) is 43.1 Å².